The molecule has 20 heavy (non-hydrogen) atoms. The van der Waals surface area contributed by atoms with Gasteiger partial charge in [0, 0.05) is 0 Å². The summed E-state index contributed by atoms with van der Waals surface area (Å²) in [7, 11) is 0. The SMILES string of the molecule is CCc1ccc2c(c1)nc(CN(CC)CC)n2CC#N. The number of fused-ring (bicyclic) bond motifs is 1. The second-order valence-electron chi connectivity index (χ2n) is 4.91. The molecule has 106 valence electrons. The lowest BCUT2D eigenvalue weighted by Crippen LogP contribution is -2.24. The molecule has 0 bridgehead atoms. The fraction of sp³-hybridized carbons (Fsp3) is 0.500. The molecule has 0 saturated heterocycles. The third-order valence-electron chi connectivity index (χ3n) is 3.79. The van der Waals surface area contributed by atoms with E-state index in [4.69, 9.17) is 10.2 Å². The molecule has 0 fully saturated rings. The maximum atomic E-state index is 9.06. The van der Waals surface area contributed by atoms with Crippen molar-refractivity contribution in [3.05, 3.63) is 29.6 Å². The maximum absolute atomic E-state index is 9.06. The smallest absolute Gasteiger partial charge is 0.125 e. The molecular weight excluding hydrogens is 248 g/mol. The number of nitrogens with zero attached hydrogens (tertiary/aromatic N) is 4. The number of benzene rings is 1. The zero-order valence-electron chi connectivity index (χ0n) is 12.6. The minimum absolute atomic E-state index is 0.360. The Morgan fingerprint density at radius 3 is 2.60 bits per heavy atom. The fourth-order valence-electron chi connectivity index (χ4n) is 2.46. The fourth-order valence-corrected chi connectivity index (χ4v) is 2.46. The van der Waals surface area contributed by atoms with E-state index in [2.05, 4.69) is 49.9 Å². The van der Waals surface area contributed by atoms with Crippen molar-refractivity contribution in [3.63, 3.8) is 0 Å². The van der Waals surface area contributed by atoms with Crippen molar-refractivity contribution >= 4 is 11.0 Å². The molecule has 0 spiro atoms. The van der Waals surface area contributed by atoms with Crippen LogP contribution < -0.4 is 0 Å². The Morgan fingerprint density at radius 1 is 1.25 bits per heavy atom. The summed E-state index contributed by atoms with van der Waals surface area (Å²) >= 11 is 0. The van der Waals surface area contributed by atoms with Crippen LogP contribution in [0.1, 0.15) is 32.2 Å². The molecule has 0 amide bonds. The van der Waals surface area contributed by atoms with Gasteiger partial charge in [-0.15, -0.1) is 0 Å². The Bertz CT molecular complexity index is 617. The van der Waals surface area contributed by atoms with E-state index in [9.17, 15) is 0 Å². The number of hydrogen-bond acceptors (Lipinski definition) is 3. The summed E-state index contributed by atoms with van der Waals surface area (Å²) in [6.45, 7) is 9.58. The minimum atomic E-state index is 0.360. The molecule has 0 saturated carbocycles. The van der Waals surface area contributed by atoms with Crippen LogP contribution in [0.4, 0.5) is 0 Å². The summed E-state index contributed by atoms with van der Waals surface area (Å²) in [5.41, 5.74) is 3.35. The normalized spacial score (nSPS) is 11.2. The van der Waals surface area contributed by atoms with Gasteiger partial charge in [0.05, 0.1) is 23.6 Å². The summed E-state index contributed by atoms with van der Waals surface area (Å²) in [6.07, 6.45) is 1.01. The minimum Gasteiger partial charge on any atom is -0.313 e. The summed E-state index contributed by atoms with van der Waals surface area (Å²) in [6, 6.07) is 8.59. The van der Waals surface area contributed by atoms with Crippen molar-refractivity contribution < 1.29 is 0 Å². The van der Waals surface area contributed by atoms with E-state index in [1.165, 1.54) is 5.56 Å². The van der Waals surface area contributed by atoms with Gasteiger partial charge in [0.2, 0.25) is 0 Å². The van der Waals surface area contributed by atoms with Crippen molar-refractivity contribution in [1.29, 1.82) is 5.26 Å². The number of imidazole rings is 1. The zero-order chi connectivity index (χ0) is 14.5. The topological polar surface area (TPSA) is 44.9 Å². The maximum Gasteiger partial charge on any atom is 0.125 e. The van der Waals surface area contributed by atoms with Gasteiger partial charge in [-0.3, -0.25) is 4.90 Å². The molecular formula is C16H22N4. The van der Waals surface area contributed by atoms with Crippen LogP contribution in [0.25, 0.3) is 11.0 Å². The molecule has 1 aromatic heterocycles. The average Bonchev–Trinajstić information content (AvgIpc) is 2.82. The lowest BCUT2D eigenvalue weighted by molar-refractivity contribution is 0.285. The molecule has 0 N–H and O–H groups in total. The Morgan fingerprint density at radius 2 is 2.00 bits per heavy atom. The number of nitriles is 1. The van der Waals surface area contributed by atoms with Crippen LogP contribution in [0, 0.1) is 11.3 Å². The second-order valence-corrected chi connectivity index (χ2v) is 4.91. The largest absolute Gasteiger partial charge is 0.313 e. The van der Waals surface area contributed by atoms with Gasteiger partial charge in [-0.25, -0.2) is 4.98 Å². The first-order valence-corrected chi connectivity index (χ1v) is 7.30. The summed E-state index contributed by atoms with van der Waals surface area (Å²) < 4.78 is 2.03. The van der Waals surface area contributed by atoms with Gasteiger partial charge >= 0.3 is 0 Å². The van der Waals surface area contributed by atoms with Gasteiger partial charge in [-0.05, 0) is 37.2 Å². The van der Waals surface area contributed by atoms with Crippen molar-refractivity contribution in [2.45, 2.75) is 40.3 Å². The molecule has 0 radical (unpaired) electrons. The van der Waals surface area contributed by atoms with Crippen LogP contribution in [-0.4, -0.2) is 27.5 Å². The lowest BCUT2D eigenvalue weighted by atomic mass is 10.1. The molecule has 4 nitrogen and oxygen atoms in total. The predicted molar refractivity (Wildman–Crippen MR) is 81.3 cm³/mol. The highest BCUT2D eigenvalue weighted by molar-refractivity contribution is 5.77. The third kappa shape index (κ3) is 2.83. The highest BCUT2D eigenvalue weighted by Gasteiger charge is 2.13. The van der Waals surface area contributed by atoms with Gasteiger partial charge in [0.15, 0.2) is 0 Å². The molecule has 0 aliphatic rings. The Labute approximate surface area is 120 Å². The van der Waals surface area contributed by atoms with E-state index in [1.807, 2.05) is 4.57 Å². The Balaban J connectivity index is 2.46. The molecule has 2 aromatic rings. The first-order valence-electron chi connectivity index (χ1n) is 7.30. The predicted octanol–water partition coefficient (Wildman–Crippen LogP) is 2.96. The van der Waals surface area contributed by atoms with Crippen molar-refractivity contribution in [1.82, 2.24) is 14.5 Å². The van der Waals surface area contributed by atoms with Crippen molar-refractivity contribution in [2.75, 3.05) is 13.1 Å². The molecule has 0 atom stereocenters. The van der Waals surface area contributed by atoms with Gasteiger partial charge < -0.3 is 4.57 Å². The van der Waals surface area contributed by atoms with E-state index < -0.39 is 0 Å². The van der Waals surface area contributed by atoms with E-state index in [0.29, 0.717) is 6.54 Å². The average molecular weight is 270 g/mol. The number of hydrogen-bond donors (Lipinski definition) is 0. The second kappa shape index (κ2) is 6.53. The van der Waals surface area contributed by atoms with Crippen molar-refractivity contribution in [2.24, 2.45) is 0 Å². The van der Waals surface area contributed by atoms with Gasteiger partial charge in [0.25, 0.3) is 0 Å². The summed E-state index contributed by atoms with van der Waals surface area (Å²) in [4.78, 5) is 7.06. The van der Waals surface area contributed by atoms with E-state index >= 15 is 0 Å². The summed E-state index contributed by atoms with van der Waals surface area (Å²) in [5, 5.41) is 9.06. The number of aryl methyl sites for hydroxylation is 1. The molecule has 2 rings (SSSR count). The molecule has 1 aromatic carbocycles. The molecule has 0 aliphatic heterocycles. The van der Waals surface area contributed by atoms with Gasteiger partial charge in [0.1, 0.15) is 12.4 Å². The lowest BCUT2D eigenvalue weighted by Gasteiger charge is -2.17. The highest BCUT2D eigenvalue weighted by Crippen LogP contribution is 2.19. The first kappa shape index (κ1) is 14.5. The van der Waals surface area contributed by atoms with Crippen LogP contribution in [0.3, 0.4) is 0 Å². The molecule has 4 heteroatoms. The zero-order valence-corrected chi connectivity index (χ0v) is 12.6. The van der Waals surface area contributed by atoms with Crippen LogP contribution >= 0.6 is 0 Å². The van der Waals surface area contributed by atoms with E-state index in [1.54, 1.807) is 0 Å². The number of rotatable bonds is 6. The van der Waals surface area contributed by atoms with Gasteiger partial charge in [-0.2, -0.15) is 5.26 Å². The van der Waals surface area contributed by atoms with Crippen molar-refractivity contribution in [3.8, 4) is 6.07 Å². The van der Waals surface area contributed by atoms with Crippen LogP contribution in [0.2, 0.25) is 0 Å². The molecule has 0 unspecified atom stereocenters. The Kier molecular flexibility index (Phi) is 4.75. The first-order chi connectivity index (χ1) is 9.73. The van der Waals surface area contributed by atoms with Crippen LogP contribution in [0.5, 0.6) is 0 Å². The summed E-state index contributed by atoms with van der Waals surface area (Å²) in [5.74, 6) is 0.985. The van der Waals surface area contributed by atoms with Crippen LogP contribution in [0.15, 0.2) is 18.2 Å². The molecule has 0 aliphatic carbocycles. The molecule has 1 heterocycles. The van der Waals surface area contributed by atoms with Gasteiger partial charge in [-0.1, -0.05) is 26.8 Å². The highest BCUT2D eigenvalue weighted by atomic mass is 15.2. The quantitative estimate of drug-likeness (QED) is 0.810. The standard InChI is InChI=1S/C16H22N4/c1-4-13-7-8-15-14(11-13)18-16(20(15)10-9-17)12-19(5-2)6-3/h7-8,11H,4-6,10,12H2,1-3H3. The van der Waals surface area contributed by atoms with Crippen LogP contribution in [-0.2, 0) is 19.5 Å². The Hall–Kier alpha value is -1.86. The monoisotopic (exact) mass is 270 g/mol. The number of aromatic nitrogens is 2. The third-order valence-corrected chi connectivity index (χ3v) is 3.79. The van der Waals surface area contributed by atoms with E-state index in [0.717, 1.165) is 42.9 Å². The van der Waals surface area contributed by atoms with E-state index in [-0.39, 0.29) is 0 Å².